The van der Waals surface area contributed by atoms with E-state index in [0.29, 0.717) is 5.75 Å². The van der Waals surface area contributed by atoms with Crippen LogP contribution in [-0.2, 0) is 18.8 Å². The van der Waals surface area contributed by atoms with Gasteiger partial charge in [0.1, 0.15) is 28.4 Å². The first-order chi connectivity index (χ1) is 14.3. The van der Waals surface area contributed by atoms with E-state index in [9.17, 15) is 19.2 Å². The van der Waals surface area contributed by atoms with Gasteiger partial charge in [-0.2, -0.15) is 0 Å². The SMILES string of the molecule is Cn1c(N)c(C(=O)COC(=O)c2ccccc2Oc2ccccc2)c(=O)n(C)c1=O. The minimum absolute atomic E-state index is 0.107. The maximum atomic E-state index is 12.5. The number of esters is 1. The molecule has 1 aromatic heterocycles. The summed E-state index contributed by atoms with van der Waals surface area (Å²) in [4.78, 5) is 49.1. The molecule has 0 aliphatic heterocycles. The molecule has 0 unspecified atom stereocenters. The number of anilines is 1. The lowest BCUT2D eigenvalue weighted by Crippen LogP contribution is -2.42. The van der Waals surface area contributed by atoms with E-state index in [4.69, 9.17) is 15.2 Å². The molecule has 3 aromatic rings. The number of nitrogens with two attached hydrogens (primary N) is 1. The fourth-order valence-corrected chi connectivity index (χ4v) is 2.74. The first-order valence-electron chi connectivity index (χ1n) is 8.89. The van der Waals surface area contributed by atoms with Gasteiger partial charge in [0.25, 0.3) is 5.56 Å². The van der Waals surface area contributed by atoms with Crippen molar-refractivity contribution in [1.82, 2.24) is 9.13 Å². The number of hydrogen-bond donors (Lipinski definition) is 1. The van der Waals surface area contributed by atoms with Crippen molar-refractivity contribution in [2.45, 2.75) is 0 Å². The van der Waals surface area contributed by atoms with Crippen LogP contribution in [0.4, 0.5) is 5.82 Å². The molecule has 0 saturated heterocycles. The van der Waals surface area contributed by atoms with E-state index >= 15 is 0 Å². The van der Waals surface area contributed by atoms with Crippen molar-refractivity contribution < 1.29 is 19.1 Å². The van der Waals surface area contributed by atoms with Crippen LogP contribution in [0.25, 0.3) is 0 Å². The molecule has 0 aliphatic carbocycles. The maximum Gasteiger partial charge on any atom is 0.342 e. The van der Waals surface area contributed by atoms with Crippen molar-refractivity contribution in [3.8, 4) is 11.5 Å². The minimum atomic E-state index is -0.857. The molecule has 30 heavy (non-hydrogen) atoms. The zero-order valence-electron chi connectivity index (χ0n) is 16.3. The highest BCUT2D eigenvalue weighted by molar-refractivity contribution is 6.02. The van der Waals surface area contributed by atoms with Crippen LogP contribution >= 0.6 is 0 Å². The number of rotatable bonds is 6. The Morgan fingerprint density at radius 3 is 2.27 bits per heavy atom. The van der Waals surface area contributed by atoms with Crippen LogP contribution in [0.3, 0.4) is 0 Å². The third-order valence-corrected chi connectivity index (χ3v) is 4.40. The van der Waals surface area contributed by atoms with E-state index in [1.165, 1.54) is 20.2 Å². The molecule has 0 spiro atoms. The van der Waals surface area contributed by atoms with E-state index in [0.717, 1.165) is 9.13 Å². The van der Waals surface area contributed by atoms with Crippen molar-refractivity contribution in [2.75, 3.05) is 12.3 Å². The third kappa shape index (κ3) is 4.00. The van der Waals surface area contributed by atoms with E-state index in [1.807, 2.05) is 6.07 Å². The van der Waals surface area contributed by atoms with Crippen molar-refractivity contribution >= 4 is 17.6 Å². The van der Waals surface area contributed by atoms with Crippen LogP contribution in [0.2, 0.25) is 0 Å². The molecule has 9 heteroatoms. The Bertz CT molecular complexity index is 1230. The first-order valence-corrected chi connectivity index (χ1v) is 8.89. The van der Waals surface area contributed by atoms with Crippen LogP contribution in [0.5, 0.6) is 11.5 Å². The number of carbonyl (C=O) groups excluding carboxylic acids is 2. The Labute approximate surface area is 170 Å². The highest BCUT2D eigenvalue weighted by Crippen LogP contribution is 2.25. The van der Waals surface area contributed by atoms with E-state index in [-0.39, 0.29) is 17.1 Å². The van der Waals surface area contributed by atoms with Gasteiger partial charge < -0.3 is 15.2 Å². The van der Waals surface area contributed by atoms with Crippen molar-refractivity contribution in [2.24, 2.45) is 14.1 Å². The average Bonchev–Trinajstić information content (AvgIpc) is 2.76. The molecule has 154 valence electrons. The topological polar surface area (TPSA) is 123 Å². The molecule has 0 saturated carbocycles. The summed E-state index contributed by atoms with van der Waals surface area (Å²) in [5.74, 6) is -1.15. The summed E-state index contributed by atoms with van der Waals surface area (Å²) in [7, 11) is 2.56. The van der Waals surface area contributed by atoms with Gasteiger partial charge in [-0.25, -0.2) is 9.59 Å². The quantitative estimate of drug-likeness (QED) is 0.483. The van der Waals surface area contributed by atoms with Crippen molar-refractivity contribution in [3.63, 3.8) is 0 Å². The standard InChI is InChI=1S/C21H19N3O6/c1-23-18(22)17(19(26)24(2)21(23)28)15(25)12-29-20(27)14-10-6-7-11-16(14)30-13-8-4-3-5-9-13/h3-11H,12,22H2,1-2H3. The second-order valence-electron chi connectivity index (χ2n) is 6.38. The number of carbonyl (C=O) groups is 2. The van der Waals surface area contributed by atoms with Gasteiger partial charge in [-0.15, -0.1) is 0 Å². The van der Waals surface area contributed by atoms with Crippen LogP contribution in [0.15, 0.2) is 64.2 Å². The Balaban J connectivity index is 1.80. The third-order valence-electron chi connectivity index (χ3n) is 4.40. The maximum absolute atomic E-state index is 12.5. The zero-order chi connectivity index (χ0) is 21.8. The smallest absolute Gasteiger partial charge is 0.342 e. The number of nitrogens with zero attached hydrogens (tertiary/aromatic N) is 2. The van der Waals surface area contributed by atoms with Gasteiger partial charge in [-0.05, 0) is 24.3 Å². The zero-order valence-corrected chi connectivity index (χ0v) is 16.3. The largest absolute Gasteiger partial charge is 0.456 e. The van der Waals surface area contributed by atoms with Gasteiger partial charge in [-0.3, -0.25) is 18.7 Å². The van der Waals surface area contributed by atoms with Crippen molar-refractivity contribution in [1.29, 1.82) is 0 Å². The number of Topliss-reactive ketones (excluding diaryl/α,β-unsaturated/α-hetero) is 1. The van der Waals surface area contributed by atoms with Crippen LogP contribution < -0.4 is 21.7 Å². The Morgan fingerprint density at radius 1 is 0.933 bits per heavy atom. The summed E-state index contributed by atoms with van der Waals surface area (Å²) in [6, 6.07) is 15.2. The lowest BCUT2D eigenvalue weighted by atomic mass is 10.2. The van der Waals surface area contributed by atoms with Gasteiger partial charge in [-0.1, -0.05) is 30.3 Å². The highest BCUT2D eigenvalue weighted by atomic mass is 16.5. The summed E-state index contributed by atoms with van der Waals surface area (Å²) in [5, 5.41) is 0. The molecule has 0 aliphatic rings. The summed E-state index contributed by atoms with van der Waals surface area (Å²) in [6.45, 7) is -0.726. The predicted octanol–water partition coefficient (Wildman–Crippen LogP) is 1.50. The molecule has 0 amide bonds. The fraction of sp³-hybridized carbons (Fsp3) is 0.143. The van der Waals surface area contributed by atoms with Crippen LogP contribution in [-0.4, -0.2) is 27.5 Å². The second kappa shape index (κ2) is 8.48. The lowest BCUT2D eigenvalue weighted by molar-refractivity contribution is 0.0471. The van der Waals surface area contributed by atoms with Gasteiger partial charge in [0.05, 0.1) is 0 Å². The molecule has 9 nitrogen and oxygen atoms in total. The van der Waals surface area contributed by atoms with E-state index in [1.54, 1.807) is 42.5 Å². The van der Waals surface area contributed by atoms with E-state index < -0.39 is 35.2 Å². The summed E-state index contributed by atoms with van der Waals surface area (Å²) >= 11 is 0. The number of benzene rings is 2. The Kier molecular flexibility index (Phi) is 5.82. The molecule has 0 radical (unpaired) electrons. The summed E-state index contributed by atoms with van der Waals surface area (Å²) < 4.78 is 12.5. The van der Waals surface area contributed by atoms with Gasteiger partial charge in [0, 0.05) is 14.1 Å². The number of ketones is 1. The molecule has 2 aromatic carbocycles. The van der Waals surface area contributed by atoms with Crippen LogP contribution in [0, 0.1) is 0 Å². The minimum Gasteiger partial charge on any atom is -0.456 e. The first kappa shape index (κ1) is 20.6. The van der Waals surface area contributed by atoms with Crippen LogP contribution in [0.1, 0.15) is 20.7 Å². The molecule has 0 fully saturated rings. The van der Waals surface area contributed by atoms with Gasteiger partial charge >= 0.3 is 11.7 Å². The Hall–Kier alpha value is -4.14. The predicted molar refractivity (Wildman–Crippen MR) is 109 cm³/mol. The summed E-state index contributed by atoms with van der Waals surface area (Å²) in [6.07, 6.45) is 0. The Morgan fingerprint density at radius 2 is 1.57 bits per heavy atom. The number of para-hydroxylation sites is 2. The average molecular weight is 409 g/mol. The number of hydrogen-bond acceptors (Lipinski definition) is 7. The lowest BCUT2D eigenvalue weighted by Gasteiger charge is -2.12. The molecular formula is C21H19N3O6. The highest BCUT2D eigenvalue weighted by Gasteiger charge is 2.22. The molecular weight excluding hydrogens is 390 g/mol. The molecule has 0 bridgehead atoms. The molecule has 2 N–H and O–H groups in total. The van der Waals surface area contributed by atoms with Crippen molar-refractivity contribution in [3.05, 3.63) is 86.6 Å². The molecule has 3 rings (SSSR count). The van der Waals surface area contributed by atoms with Gasteiger partial charge in [0.2, 0.25) is 5.78 Å². The molecule has 1 heterocycles. The fourth-order valence-electron chi connectivity index (χ4n) is 2.74. The number of aromatic nitrogens is 2. The summed E-state index contributed by atoms with van der Waals surface area (Å²) in [5.41, 5.74) is 3.92. The number of ether oxygens (including phenoxy) is 2. The normalized spacial score (nSPS) is 10.5. The van der Waals surface area contributed by atoms with Gasteiger partial charge in [0.15, 0.2) is 6.61 Å². The monoisotopic (exact) mass is 409 g/mol. The second-order valence-corrected chi connectivity index (χ2v) is 6.38. The van der Waals surface area contributed by atoms with E-state index in [2.05, 4.69) is 0 Å². The number of nitrogen functional groups attached to an aromatic ring is 1. The molecule has 0 atom stereocenters.